The summed E-state index contributed by atoms with van der Waals surface area (Å²) in [5, 5.41) is 5.43. The van der Waals surface area contributed by atoms with E-state index in [2.05, 4.69) is 26.6 Å². The molecule has 0 heterocycles. The zero-order valence-electron chi connectivity index (χ0n) is 17.8. The van der Waals surface area contributed by atoms with Crippen molar-refractivity contribution in [1.29, 1.82) is 0 Å². The molecule has 1 fully saturated rings. The van der Waals surface area contributed by atoms with Crippen molar-refractivity contribution in [1.82, 2.24) is 0 Å². The first-order valence-electron chi connectivity index (χ1n) is 10.1. The van der Waals surface area contributed by atoms with Gasteiger partial charge in [0, 0.05) is 17.3 Å². The Labute approximate surface area is 222 Å². The summed E-state index contributed by atoms with van der Waals surface area (Å²) in [6.45, 7) is 0. The average molecular weight is 605 g/mol. The van der Waals surface area contributed by atoms with Crippen molar-refractivity contribution in [2.75, 3.05) is 17.7 Å². The van der Waals surface area contributed by atoms with E-state index in [1.807, 2.05) is 0 Å². The summed E-state index contributed by atoms with van der Waals surface area (Å²) in [5.74, 6) is -3.42. The lowest BCUT2D eigenvalue weighted by molar-refractivity contribution is -0.117. The van der Waals surface area contributed by atoms with Crippen LogP contribution in [0.15, 0.2) is 59.1 Å². The Kier molecular flexibility index (Phi) is 7.29. The second-order valence-corrected chi connectivity index (χ2v) is 10.4. The van der Waals surface area contributed by atoms with E-state index in [4.69, 9.17) is 39.5 Å². The highest BCUT2D eigenvalue weighted by atomic mass is 79.9. The predicted octanol–water partition coefficient (Wildman–Crippen LogP) is 7.17. The fourth-order valence-corrected chi connectivity index (χ4v) is 5.13. The molecule has 0 aliphatic heterocycles. The van der Waals surface area contributed by atoms with E-state index in [1.165, 1.54) is 55.6 Å². The zero-order chi connectivity index (χ0) is 25.5. The monoisotopic (exact) mass is 602 g/mol. The molecule has 35 heavy (non-hydrogen) atoms. The van der Waals surface area contributed by atoms with Crippen LogP contribution >= 0.6 is 50.7 Å². The van der Waals surface area contributed by atoms with Crippen molar-refractivity contribution in [2.24, 2.45) is 5.92 Å². The van der Waals surface area contributed by atoms with Crippen LogP contribution in [0.3, 0.4) is 0 Å². The van der Waals surface area contributed by atoms with Crippen molar-refractivity contribution in [3.05, 3.63) is 86.9 Å². The molecule has 3 aromatic rings. The number of hydrogen-bond acceptors (Lipinski definition) is 3. The van der Waals surface area contributed by atoms with Gasteiger partial charge in [-0.3, -0.25) is 9.59 Å². The molecule has 11 heteroatoms. The fraction of sp³-hybridized carbons (Fsp3) is 0.167. The van der Waals surface area contributed by atoms with E-state index in [9.17, 15) is 18.4 Å². The normalized spacial score (nSPS) is 18.0. The van der Waals surface area contributed by atoms with Gasteiger partial charge in [0.05, 0.1) is 28.1 Å². The molecule has 1 saturated carbocycles. The van der Waals surface area contributed by atoms with E-state index < -0.39 is 39.6 Å². The van der Waals surface area contributed by atoms with E-state index in [-0.39, 0.29) is 26.5 Å². The van der Waals surface area contributed by atoms with E-state index >= 15 is 0 Å². The minimum absolute atomic E-state index is 0.0869. The highest BCUT2D eigenvalue weighted by Crippen LogP contribution is 2.65. The summed E-state index contributed by atoms with van der Waals surface area (Å²) in [6.07, 6.45) is 0. The molecule has 0 saturated heterocycles. The Balaban J connectivity index is 1.52. The minimum Gasteiger partial charge on any atom is -0.495 e. The number of benzene rings is 3. The quantitative estimate of drug-likeness (QED) is 0.293. The summed E-state index contributed by atoms with van der Waals surface area (Å²) in [6, 6.07) is 12.4. The topological polar surface area (TPSA) is 67.4 Å². The highest BCUT2D eigenvalue weighted by molar-refractivity contribution is 9.10. The maximum Gasteiger partial charge on any atom is 0.257 e. The molecule has 2 unspecified atom stereocenters. The largest absolute Gasteiger partial charge is 0.495 e. The number of nitrogens with one attached hydrogen (secondary N) is 2. The number of halogens is 6. The Bertz CT molecular complexity index is 1320. The molecule has 2 N–H and O–H groups in total. The van der Waals surface area contributed by atoms with Gasteiger partial charge >= 0.3 is 0 Å². The molecule has 2 atom stereocenters. The standard InChI is InChI=1S/C24H16BrCl3F2N2O3/c1-35-18-9-11(8-17(30)21(18)25)19-20(24(19,27)28)23(34)32-14-6-7-16(26)15(10-14)22(33)31-13-4-2-12(29)3-5-13/h2-10,19-20H,1H3,(H,31,33)(H,32,34). The van der Waals surface area contributed by atoms with Crippen LogP contribution in [0.4, 0.5) is 20.2 Å². The summed E-state index contributed by atoms with van der Waals surface area (Å²) in [7, 11) is 1.39. The Morgan fingerprint density at radius 3 is 2.31 bits per heavy atom. The predicted molar refractivity (Wildman–Crippen MR) is 136 cm³/mol. The van der Waals surface area contributed by atoms with Crippen molar-refractivity contribution in [3.8, 4) is 5.75 Å². The Morgan fingerprint density at radius 2 is 1.66 bits per heavy atom. The van der Waals surface area contributed by atoms with Crippen molar-refractivity contribution >= 4 is 73.9 Å². The SMILES string of the molecule is COc1cc(C2C(C(=O)Nc3ccc(Cl)c(C(=O)Nc4ccc(F)cc4)c3)C2(Cl)Cl)cc(F)c1Br. The number of hydrogen-bond donors (Lipinski definition) is 2. The zero-order valence-corrected chi connectivity index (χ0v) is 21.7. The van der Waals surface area contributed by atoms with Crippen molar-refractivity contribution in [2.45, 2.75) is 10.3 Å². The van der Waals surface area contributed by atoms with Crippen LogP contribution in [-0.4, -0.2) is 23.3 Å². The molecule has 0 aromatic heterocycles. The molecular weight excluding hydrogens is 589 g/mol. The van der Waals surface area contributed by atoms with Gasteiger partial charge in [-0.05, 0) is 76.1 Å². The van der Waals surface area contributed by atoms with Crippen LogP contribution in [0.5, 0.6) is 5.75 Å². The first-order valence-corrected chi connectivity index (χ1v) is 12.0. The molecule has 0 bridgehead atoms. The van der Waals surface area contributed by atoms with E-state index in [0.717, 1.165) is 0 Å². The summed E-state index contributed by atoms with van der Waals surface area (Å²) < 4.78 is 31.2. The molecule has 182 valence electrons. The second-order valence-electron chi connectivity index (χ2n) is 7.79. The van der Waals surface area contributed by atoms with Gasteiger partial charge in [-0.2, -0.15) is 0 Å². The average Bonchev–Trinajstić information content (AvgIpc) is 3.40. The van der Waals surface area contributed by atoms with E-state index in [1.54, 1.807) is 6.07 Å². The van der Waals surface area contributed by atoms with Gasteiger partial charge in [0.2, 0.25) is 5.91 Å². The Hall–Kier alpha value is -2.39. The molecule has 0 spiro atoms. The van der Waals surface area contributed by atoms with Crippen LogP contribution in [0.2, 0.25) is 5.02 Å². The number of ether oxygens (including phenoxy) is 1. The first-order chi connectivity index (χ1) is 16.5. The maximum atomic E-state index is 14.3. The smallest absolute Gasteiger partial charge is 0.257 e. The third-order valence-corrected chi connectivity index (χ3v) is 7.55. The molecule has 4 rings (SSSR count). The van der Waals surface area contributed by atoms with Crippen LogP contribution in [0.25, 0.3) is 0 Å². The van der Waals surface area contributed by atoms with Crippen molar-refractivity contribution in [3.63, 3.8) is 0 Å². The van der Waals surface area contributed by atoms with Crippen LogP contribution in [0.1, 0.15) is 21.8 Å². The van der Waals surface area contributed by atoms with Gasteiger partial charge in [0.15, 0.2) is 0 Å². The van der Waals surface area contributed by atoms with Gasteiger partial charge in [0.1, 0.15) is 21.7 Å². The fourth-order valence-electron chi connectivity index (χ4n) is 3.71. The highest BCUT2D eigenvalue weighted by Gasteiger charge is 2.67. The molecule has 3 aromatic carbocycles. The van der Waals surface area contributed by atoms with Gasteiger partial charge in [0.25, 0.3) is 5.91 Å². The van der Waals surface area contributed by atoms with E-state index in [0.29, 0.717) is 11.3 Å². The number of carbonyl (C=O) groups excluding carboxylic acids is 2. The van der Waals surface area contributed by atoms with Crippen LogP contribution in [0, 0.1) is 17.6 Å². The lowest BCUT2D eigenvalue weighted by Crippen LogP contribution is -2.18. The molecule has 0 radical (unpaired) electrons. The summed E-state index contributed by atoms with van der Waals surface area (Å²) in [4.78, 5) is 25.7. The van der Waals surface area contributed by atoms with Crippen LogP contribution in [-0.2, 0) is 4.79 Å². The molecular formula is C24H16BrCl3F2N2O3. The third kappa shape index (κ3) is 5.26. The van der Waals surface area contributed by atoms with Crippen molar-refractivity contribution < 1.29 is 23.1 Å². The second kappa shape index (κ2) is 9.93. The van der Waals surface area contributed by atoms with Crippen LogP contribution < -0.4 is 15.4 Å². The minimum atomic E-state index is -1.47. The van der Waals surface area contributed by atoms with Gasteiger partial charge in [-0.1, -0.05) is 11.6 Å². The summed E-state index contributed by atoms with van der Waals surface area (Å²) in [5.41, 5.74) is 1.14. The summed E-state index contributed by atoms with van der Waals surface area (Å²) >= 11 is 22.0. The lowest BCUT2D eigenvalue weighted by atomic mass is 10.1. The number of amides is 2. The van der Waals surface area contributed by atoms with Gasteiger partial charge < -0.3 is 15.4 Å². The molecule has 2 amide bonds. The molecule has 1 aliphatic carbocycles. The number of alkyl halides is 2. The number of methoxy groups -OCH3 is 1. The molecule has 5 nitrogen and oxygen atoms in total. The maximum absolute atomic E-state index is 14.3. The Morgan fingerprint density at radius 1 is 1.00 bits per heavy atom. The van der Waals surface area contributed by atoms with Gasteiger partial charge in [-0.25, -0.2) is 8.78 Å². The first kappa shape index (κ1) is 25.7. The third-order valence-electron chi connectivity index (χ3n) is 5.51. The lowest BCUT2D eigenvalue weighted by Gasteiger charge is -2.10. The number of anilines is 2. The van der Waals surface area contributed by atoms with Gasteiger partial charge in [-0.15, -0.1) is 23.2 Å². The number of rotatable bonds is 6. The molecule has 1 aliphatic rings. The number of carbonyl (C=O) groups is 2.